The predicted octanol–water partition coefficient (Wildman–Crippen LogP) is -1.53. The van der Waals surface area contributed by atoms with Gasteiger partial charge >= 0.3 is 0 Å². The van der Waals surface area contributed by atoms with Crippen LogP contribution in [0.1, 0.15) is 0 Å². The second-order valence-corrected chi connectivity index (χ2v) is 3.87. The third kappa shape index (κ3) is 4.02. The summed E-state index contributed by atoms with van der Waals surface area (Å²) in [7, 11) is 0. The molecule has 6 heteroatoms. The van der Waals surface area contributed by atoms with E-state index >= 15 is 0 Å². The van der Waals surface area contributed by atoms with Gasteiger partial charge in [0.2, 0.25) is 0 Å². The number of aliphatic hydroxyl groups is 5. The molecule has 1 fully saturated rings. The van der Waals surface area contributed by atoms with Crippen LogP contribution in [0.4, 0.5) is 0 Å². The van der Waals surface area contributed by atoms with Gasteiger partial charge in [0, 0.05) is 0 Å². The zero-order chi connectivity index (χ0) is 13.5. The van der Waals surface area contributed by atoms with Crippen molar-refractivity contribution in [3.05, 3.63) is 36.4 Å². The van der Waals surface area contributed by atoms with Gasteiger partial charge in [0.1, 0.15) is 24.4 Å². The normalized spacial score (nSPS) is 35.5. The summed E-state index contributed by atoms with van der Waals surface area (Å²) < 4.78 is 4.58. The fourth-order valence-electron chi connectivity index (χ4n) is 1.47. The summed E-state index contributed by atoms with van der Waals surface area (Å²) in [5, 5.41) is 44.7. The fraction of sp³-hybridized carbons (Fsp3) is 0.500. The molecule has 5 N–H and O–H groups in total. The molecular weight excluding hydrogens is 240 g/mol. The Morgan fingerprint density at radius 1 is 0.722 bits per heavy atom. The van der Waals surface area contributed by atoms with Gasteiger partial charge in [0.25, 0.3) is 0 Å². The van der Waals surface area contributed by atoms with E-state index in [1.807, 2.05) is 36.4 Å². The number of hydrogen-bond donors (Lipinski definition) is 5. The van der Waals surface area contributed by atoms with Crippen LogP contribution in [0.2, 0.25) is 0 Å². The Morgan fingerprint density at radius 3 is 1.56 bits per heavy atom. The molecule has 0 radical (unpaired) electrons. The molecule has 6 nitrogen and oxygen atoms in total. The van der Waals surface area contributed by atoms with Crippen molar-refractivity contribution in [3.8, 4) is 0 Å². The molecule has 0 aliphatic carbocycles. The Bertz CT molecular complexity index is 288. The molecule has 1 heterocycles. The minimum absolute atomic E-state index is 0.526. The smallest absolute Gasteiger partial charge is 0.184 e. The molecule has 1 saturated heterocycles. The van der Waals surface area contributed by atoms with E-state index in [0.29, 0.717) is 0 Å². The molecule has 1 aromatic rings. The van der Waals surface area contributed by atoms with Crippen LogP contribution < -0.4 is 0 Å². The highest BCUT2D eigenvalue weighted by atomic mass is 16.6. The van der Waals surface area contributed by atoms with Crippen molar-refractivity contribution in [2.24, 2.45) is 0 Å². The zero-order valence-corrected chi connectivity index (χ0v) is 9.70. The van der Waals surface area contributed by atoms with Gasteiger partial charge in [-0.25, -0.2) is 0 Å². The van der Waals surface area contributed by atoms with E-state index in [1.165, 1.54) is 0 Å². The molecule has 0 aromatic heterocycles. The van der Waals surface area contributed by atoms with Crippen molar-refractivity contribution < 1.29 is 30.3 Å². The van der Waals surface area contributed by atoms with Crippen molar-refractivity contribution in [1.29, 1.82) is 0 Å². The van der Waals surface area contributed by atoms with Gasteiger partial charge in [-0.1, -0.05) is 36.4 Å². The molecule has 1 aromatic carbocycles. The number of ether oxygens (including phenoxy) is 1. The molecule has 102 valence electrons. The van der Waals surface area contributed by atoms with E-state index in [4.69, 9.17) is 25.5 Å². The Morgan fingerprint density at radius 2 is 1.17 bits per heavy atom. The summed E-state index contributed by atoms with van der Waals surface area (Å²) in [4.78, 5) is 0. The standard InChI is InChI=1S/C6H12O6.C6H6/c7-1-2-3(8)4(9)5(10)6(11)12-2;1-2-4-6-5-3-1/h2-11H,1H2;1-6H/t2-,3-,4+,5+,6+;/m1./s1. The first-order valence-electron chi connectivity index (χ1n) is 5.56. The van der Waals surface area contributed by atoms with E-state index in [-0.39, 0.29) is 0 Å². The molecule has 2 rings (SSSR count). The zero-order valence-electron chi connectivity index (χ0n) is 9.70. The quantitative estimate of drug-likeness (QED) is 0.418. The van der Waals surface area contributed by atoms with Gasteiger partial charge in [0.15, 0.2) is 6.29 Å². The number of rotatable bonds is 1. The molecule has 0 amide bonds. The highest BCUT2D eigenvalue weighted by molar-refractivity contribution is 4.99. The SMILES string of the molecule is OC[C@H]1O[C@H](O)[C@@H](O)[C@@H](O)[C@@H]1O.c1ccccc1. The summed E-state index contributed by atoms with van der Waals surface area (Å²) >= 11 is 0. The first kappa shape index (κ1) is 15.0. The first-order valence-corrected chi connectivity index (χ1v) is 5.56. The van der Waals surface area contributed by atoms with Crippen molar-refractivity contribution in [2.75, 3.05) is 6.61 Å². The van der Waals surface area contributed by atoms with Crippen LogP contribution in [-0.4, -0.2) is 62.8 Å². The molecule has 0 saturated carbocycles. The summed E-state index contributed by atoms with van der Waals surface area (Å²) in [5.74, 6) is 0. The third-order valence-corrected chi connectivity index (χ3v) is 2.53. The molecule has 18 heavy (non-hydrogen) atoms. The minimum Gasteiger partial charge on any atom is -0.394 e. The van der Waals surface area contributed by atoms with Gasteiger partial charge < -0.3 is 30.3 Å². The van der Waals surface area contributed by atoms with Crippen LogP contribution >= 0.6 is 0 Å². The van der Waals surface area contributed by atoms with Crippen LogP contribution in [0.25, 0.3) is 0 Å². The predicted molar refractivity (Wildman–Crippen MR) is 62.4 cm³/mol. The Hall–Kier alpha value is -1.02. The number of benzene rings is 1. The van der Waals surface area contributed by atoms with Crippen LogP contribution in [-0.2, 0) is 4.74 Å². The van der Waals surface area contributed by atoms with Gasteiger partial charge in [-0.05, 0) is 0 Å². The lowest BCUT2D eigenvalue weighted by molar-refractivity contribution is -0.286. The third-order valence-electron chi connectivity index (χ3n) is 2.53. The molecule has 0 spiro atoms. The largest absolute Gasteiger partial charge is 0.394 e. The summed E-state index contributed by atoms with van der Waals surface area (Å²) in [6.07, 6.45) is -7.04. The van der Waals surface area contributed by atoms with Crippen molar-refractivity contribution >= 4 is 0 Å². The maximum absolute atomic E-state index is 9.12. The summed E-state index contributed by atoms with van der Waals surface area (Å²) in [6.45, 7) is -0.526. The van der Waals surface area contributed by atoms with Crippen LogP contribution in [0.5, 0.6) is 0 Å². The van der Waals surface area contributed by atoms with Gasteiger partial charge in [-0.2, -0.15) is 0 Å². The van der Waals surface area contributed by atoms with Crippen LogP contribution in [0, 0.1) is 0 Å². The first-order chi connectivity index (χ1) is 8.57. The Balaban J connectivity index is 0.000000225. The van der Waals surface area contributed by atoms with E-state index in [9.17, 15) is 0 Å². The highest BCUT2D eigenvalue weighted by Gasteiger charge is 2.42. The number of aliphatic hydroxyl groups excluding tert-OH is 5. The summed E-state index contributed by atoms with van der Waals surface area (Å²) in [5.41, 5.74) is 0. The highest BCUT2D eigenvalue weighted by Crippen LogP contribution is 2.18. The molecule has 1 aliphatic rings. The number of hydrogen-bond acceptors (Lipinski definition) is 6. The monoisotopic (exact) mass is 258 g/mol. The van der Waals surface area contributed by atoms with Gasteiger partial charge in [0.05, 0.1) is 6.61 Å². The second-order valence-electron chi connectivity index (χ2n) is 3.87. The summed E-state index contributed by atoms with van der Waals surface area (Å²) in [6, 6.07) is 12.0. The lowest BCUT2D eigenvalue weighted by Crippen LogP contribution is -2.58. The van der Waals surface area contributed by atoms with E-state index < -0.39 is 37.3 Å². The van der Waals surface area contributed by atoms with Gasteiger partial charge in [-0.3, -0.25) is 0 Å². The lowest BCUT2D eigenvalue weighted by Gasteiger charge is -2.37. The Labute approximate surface area is 105 Å². The van der Waals surface area contributed by atoms with E-state index in [1.54, 1.807) is 0 Å². The lowest BCUT2D eigenvalue weighted by atomic mass is 10.00. The molecule has 0 bridgehead atoms. The maximum Gasteiger partial charge on any atom is 0.184 e. The van der Waals surface area contributed by atoms with Crippen LogP contribution in [0.3, 0.4) is 0 Å². The second kappa shape index (κ2) is 7.42. The Kier molecular flexibility index (Phi) is 6.20. The van der Waals surface area contributed by atoms with E-state index in [2.05, 4.69) is 4.74 Å². The molecule has 1 aliphatic heterocycles. The maximum atomic E-state index is 9.12. The molecular formula is C12H18O6. The molecule has 0 unspecified atom stereocenters. The minimum atomic E-state index is -1.57. The van der Waals surface area contributed by atoms with Gasteiger partial charge in [-0.15, -0.1) is 0 Å². The molecule has 5 atom stereocenters. The van der Waals surface area contributed by atoms with E-state index in [0.717, 1.165) is 0 Å². The van der Waals surface area contributed by atoms with Crippen molar-refractivity contribution in [3.63, 3.8) is 0 Å². The average molecular weight is 258 g/mol. The average Bonchev–Trinajstić information content (AvgIpc) is 2.43. The topological polar surface area (TPSA) is 110 Å². The fourth-order valence-corrected chi connectivity index (χ4v) is 1.47. The van der Waals surface area contributed by atoms with Crippen molar-refractivity contribution in [2.45, 2.75) is 30.7 Å². The van der Waals surface area contributed by atoms with Crippen molar-refractivity contribution in [1.82, 2.24) is 0 Å². The van der Waals surface area contributed by atoms with Crippen LogP contribution in [0.15, 0.2) is 36.4 Å².